The highest BCUT2D eigenvalue weighted by Gasteiger charge is 2.12. The number of thiazole rings is 1. The number of hydrogen-bond acceptors (Lipinski definition) is 4. The van der Waals surface area contributed by atoms with Crippen molar-refractivity contribution in [3.8, 4) is 0 Å². The molecular formula is C10H18N2OS. The number of rotatable bonds is 6. The van der Waals surface area contributed by atoms with Gasteiger partial charge in [0.2, 0.25) is 0 Å². The Morgan fingerprint density at radius 2 is 2.43 bits per heavy atom. The van der Waals surface area contributed by atoms with E-state index in [2.05, 4.69) is 17.3 Å². The average molecular weight is 214 g/mol. The van der Waals surface area contributed by atoms with Crippen molar-refractivity contribution in [2.75, 3.05) is 13.7 Å². The molecule has 0 spiro atoms. The first-order valence-electron chi connectivity index (χ1n) is 4.95. The lowest BCUT2D eigenvalue weighted by Crippen LogP contribution is -2.12. The van der Waals surface area contributed by atoms with Gasteiger partial charge in [0.15, 0.2) is 0 Å². The second-order valence-corrected chi connectivity index (χ2v) is 4.26. The first-order valence-corrected chi connectivity index (χ1v) is 5.83. The number of aromatic nitrogens is 1. The fraction of sp³-hybridized carbons (Fsp3) is 0.700. The monoisotopic (exact) mass is 214 g/mol. The quantitative estimate of drug-likeness (QED) is 0.789. The van der Waals surface area contributed by atoms with Crippen LogP contribution >= 0.6 is 11.3 Å². The van der Waals surface area contributed by atoms with Gasteiger partial charge in [-0.2, -0.15) is 0 Å². The molecule has 1 atom stereocenters. The molecule has 0 aliphatic rings. The summed E-state index contributed by atoms with van der Waals surface area (Å²) < 4.78 is 5.03. The van der Waals surface area contributed by atoms with Gasteiger partial charge in [0.05, 0.1) is 12.3 Å². The molecule has 3 nitrogen and oxygen atoms in total. The molecule has 14 heavy (non-hydrogen) atoms. The minimum absolute atomic E-state index is 0.418. The van der Waals surface area contributed by atoms with Crippen molar-refractivity contribution in [2.24, 2.45) is 5.73 Å². The molecular weight excluding hydrogens is 196 g/mol. The minimum Gasteiger partial charge on any atom is -0.378 e. The second kappa shape index (κ2) is 6.11. The Labute approximate surface area is 89.3 Å². The molecule has 0 aliphatic carbocycles. The van der Waals surface area contributed by atoms with Crippen LogP contribution in [0.5, 0.6) is 0 Å². The molecule has 1 heterocycles. The van der Waals surface area contributed by atoms with Crippen molar-refractivity contribution in [3.63, 3.8) is 0 Å². The number of nitrogens with zero attached hydrogens (tertiary/aromatic N) is 1. The molecule has 1 unspecified atom stereocenters. The Bertz CT molecular complexity index is 262. The molecule has 0 saturated heterocycles. The normalized spacial score (nSPS) is 13.1. The molecule has 0 amide bonds. The molecule has 0 aliphatic heterocycles. The van der Waals surface area contributed by atoms with Gasteiger partial charge >= 0.3 is 0 Å². The zero-order valence-corrected chi connectivity index (χ0v) is 9.64. The Morgan fingerprint density at radius 3 is 3.00 bits per heavy atom. The highest BCUT2D eigenvalue weighted by molar-refractivity contribution is 7.09. The Morgan fingerprint density at radius 1 is 1.64 bits per heavy atom. The maximum atomic E-state index is 5.71. The van der Waals surface area contributed by atoms with E-state index in [9.17, 15) is 0 Å². The second-order valence-electron chi connectivity index (χ2n) is 3.32. The van der Waals surface area contributed by atoms with Crippen molar-refractivity contribution in [1.29, 1.82) is 0 Å². The SMILES string of the molecule is CCCC(CN)c1csc(COC)n1. The summed E-state index contributed by atoms with van der Waals surface area (Å²) in [4.78, 5) is 4.50. The summed E-state index contributed by atoms with van der Waals surface area (Å²) in [5.41, 5.74) is 6.84. The fourth-order valence-corrected chi connectivity index (χ4v) is 2.28. The fourth-order valence-electron chi connectivity index (χ4n) is 1.44. The summed E-state index contributed by atoms with van der Waals surface area (Å²) in [6, 6.07) is 0. The molecule has 2 N–H and O–H groups in total. The predicted molar refractivity (Wildman–Crippen MR) is 59.5 cm³/mol. The molecule has 1 aromatic heterocycles. The maximum absolute atomic E-state index is 5.71. The first-order chi connectivity index (χ1) is 6.81. The van der Waals surface area contributed by atoms with Gasteiger partial charge in [-0.1, -0.05) is 13.3 Å². The van der Waals surface area contributed by atoms with Crippen LogP contribution in [0.25, 0.3) is 0 Å². The van der Waals surface area contributed by atoms with Gasteiger partial charge in [0.25, 0.3) is 0 Å². The van der Waals surface area contributed by atoms with Crippen LogP contribution in [0.2, 0.25) is 0 Å². The van der Waals surface area contributed by atoms with E-state index in [-0.39, 0.29) is 0 Å². The van der Waals surface area contributed by atoms with E-state index in [1.54, 1.807) is 18.4 Å². The number of hydrogen-bond donors (Lipinski definition) is 1. The Hall–Kier alpha value is -0.450. The van der Waals surface area contributed by atoms with Crippen molar-refractivity contribution in [1.82, 2.24) is 4.98 Å². The van der Waals surface area contributed by atoms with Crippen molar-refractivity contribution < 1.29 is 4.74 Å². The van der Waals surface area contributed by atoms with Crippen molar-refractivity contribution >= 4 is 11.3 Å². The van der Waals surface area contributed by atoms with Crippen LogP contribution in [0.15, 0.2) is 5.38 Å². The van der Waals surface area contributed by atoms with Gasteiger partial charge in [-0.15, -0.1) is 11.3 Å². The summed E-state index contributed by atoms with van der Waals surface area (Å²) in [6.45, 7) is 3.46. The molecule has 1 aromatic rings. The van der Waals surface area contributed by atoms with Crippen LogP contribution in [-0.4, -0.2) is 18.6 Å². The zero-order valence-electron chi connectivity index (χ0n) is 8.82. The van der Waals surface area contributed by atoms with Crippen LogP contribution in [0.4, 0.5) is 0 Å². The molecule has 0 aromatic carbocycles. The molecule has 0 radical (unpaired) electrons. The first kappa shape index (κ1) is 11.6. The summed E-state index contributed by atoms with van der Waals surface area (Å²) in [7, 11) is 1.69. The van der Waals surface area contributed by atoms with Crippen molar-refractivity contribution in [2.45, 2.75) is 32.3 Å². The van der Waals surface area contributed by atoms with Crippen LogP contribution in [0.3, 0.4) is 0 Å². The Balaban J connectivity index is 2.63. The summed E-state index contributed by atoms with van der Waals surface area (Å²) in [5.74, 6) is 0.418. The van der Waals surface area contributed by atoms with Gasteiger partial charge in [0.1, 0.15) is 5.01 Å². The lowest BCUT2D eigenvalue weighted by atomic mass is 10.0. The minimum atomic E-state index is 0.418. The molecule has 80 valence electrons. The van der Waals surface area contributed by atoms with Gasteiger partial charge < -0.3 is 10.5 Å². The molecule has 0 bridgehead atoms. The van der Waals surface area contributed by atoms with E-state index in [4.69, 9.17) is 10.5 Å². The number of methoxy groups -OCH3 is 1. The average Bonchev–Trinajstić information content (AvgIpc) is 2.63. The smallest absolute Gasteiger partial charge is 0.119 e. The number of nitrogens with two attached hydrogens (primary N) is 1. The van der Waals surface area contributed by atoms with E-state index in [0.717, 1.165) is 23.5 Å². The molecule has 1 rings (SSSR count). The third-order valence-electron chi connectivity index (χ3n) is 2.18. The van der Waals surface area contributed by atoms with Crippen LogP contribution in [0, 0.1) is 0 Å². The predicted octanol–water partition coefficient (Wildman–Crippen LogP) is 2.13. The summed E-state index contributed by atoms with van der Waals surface area (Å²) in [5, 5.41) is 3.14. The highest BCUT2D eigenvalue weighted by atomic mass is 32.1. The lowest BCUT2D eigenvalue weighted by Gasteiger charge is -2.09. The zero-order chi connectivity index (χ0) is 10.4. The summed E-state index contributed by atoms with van der Waals surface area (Å²) >= 11 is 1.65. The highest BCUT2D eigenvalue weighted by Crippen LogP contribution is 2.22. The van der Waals surface area contributed by atoms with Crippen molar-refractivity contribution in [3.05, 3.63) is 16.1 Å². The van der Waals surface area contributed by atoms with E-state index in [1.807, 2.05) is 0 Å². The standard InChI is InChI=1S/C10H18N2OS/c1-3-4-8(5-11)9-7-14-10(12-9)6-13-2/h7-8H,3-6,11H2,1-2H3. The largest absolute Gasteiger partial charge is 0.378 e. The third kappa shape index (κ3) is 3.04. The van der Waals surface area contributed by atoms with Gasteiger partial charge in [-0.05, 0) is 6.42 Å². The van der Waals surface area contributed by atoms with Gasteiger partial charge in [-0.25, -0.2) is 4.98 Å². The van der Waals surface area contributed by atoms with E-state index < -0.39 is 0 Å². The third-order valence-corrected chi connectivity index (χ3v) is 3.02. The topological polar surface area (TPSA) is 48.1 Å². The van der Waals surface area contributed by atoms with Gasteiger partial charge in [0, 0.05) is 25.0 Å². The molecule has 0 fully saturated rings. The van der Waals surface area contributed by atoms with Crippen LogP contribution < -0.4 is 5.73 Å². The van der Waals surface area contributed by atoms with E-state index >= 15 is 0 Å². The van der Waals surface area contributed by atoms with Crippen LogP contribution in [-0.2, 0) is 11.3 Å². The molecule has 0 saturated carbocycles. The van der Waals surface area contributed by atoms with Crippen LogP contribution in [0.1, 0.15) is 36.4 Å². The van der Waals surface area contributed by atoms with Gasteiger partial charge in [-0.3, -0.25) is 0 Å². The Kier molecular flexibility index (Phi) is 5.07. The van der Waals surface area contributed by atoms with E-state index in [1.165, 1.54) is 0 Å². The number of ether oxygens (including phenoxy) is 1. The molecule has 4 heteroatoms. The lowest BCUT2D eigenvalue weighted by molar-refractivity contribution is 0.184. The summed E-state index contributed by atoms with van der Waals surface area (Å²) in [6.07, 6.45) is 2.27. The maximum Gasteiger partial charge on any atom is 0.119 e. The van der Waals surface area contributed by atoms with E-state index in [0.29, 0.717) is 19.1 Å².